The van der Waals surface area contributed by atoms with Gasteiger partial charge in [0.25, 0.3) is 5.91 Å². The van der Waals surface area contributed by atoms with Crippen LogP contribution in [0.15, 0.2) is 63.4 Å². The van der Waals surface area contributed by atoms with Gasteiger partial charge in [-0.1, -0.05) is 41.9 Å². The highest BCUT2D eigenvalue weighted by Crippen LogP contribution is 2.38. The zero-order valence-corrected chi connectivity index (χ0v) is 23.5. The second kappa shape index (κ2) is 10.1. The molecule has 206 valence electrons. The van der Waals surface area contributed by atoms with Gasteiger partial charge in [-0.2, -0.15) is 4.31 Å². The number of fused-ring (bicyclic) bond motifs is 1. The van der Waals surface area contributed by atoms with Crippen LogP contribution in [0.4, 0.5) is 11.5 Å². The molecule has 3 N–H and O–H groups in total. The number of carbonyl (C=O) groups excluding carboxylic acids is 1. The molecular formula is C28H28ClN7O3S. The van der Waals surface area contributed by atoms with Crippen LogP contribution in [0.2, 0.25) is 5.15 Å². The van der Waals surface area contributed by atoms with Gasteiger partial charge in [-0.05, 0) is 55.5 Å². The highest BCUT2D eigenvalue weighted by atomic mass is 35.5. The Kier molecular flexibility index (Phi) is 6.68. The summed E-state index contributed by atoms with van der Waals surface area (Å²) in [6.45, 7) is 2.35. The zero-order chi connectivity index (χ0) is 28.1. The van der Waals surface area contributed by atoms with Crippen LogP contribution in [-0.4, -0.2) is 58.8 Å². The monoisotopic (exact) mass is 577 g/mol. The molecule has 0 atom stereocenters. The number of hydrogen-bond donors (Lipinski definition) is 2. The first kappa shape index (κ1) is 26.5. The van der Waals surface area contributed by atoms with Gasteiger partial charge in [-0.3, -0.25) is 14.8 Å². The van der Waals surface area contributed by atoms with Gasteiger partial charge in [0.05, 0.1) is 27.5 Å². The number of amidine groups is 1. The van der Waals surface area contributed by atoms with E-state index in [4.69, 9.17) is 27.3 Å². The van der Waals surface area contributed by atoms with Crippen molar-refractivity contribution in [1.29, 1.82) is 0 Å². The molecule has 0 unspecified atom stereocenters. The van der Waals surface area contributed by atoms with Crippen molar-refractivity contribution < 1.29 is 13.2 Å². The zero-order valence-electron chi connectivity index (χ0n) is 21.9. The fourth-order valence-corrected chi connectivity index (χ4v) is 7.17. The molecule has 12 heteroatoms. The summed E-state index contributed by atoms with van der Waals surface area (Å²) in [6.07, 6.45) is 3.07. The SMILES string of the molecule is Cc1nc(N)c(Cl)nc1C(=O)NC1=NC2(CC1)CCN(S(=O)(=O)c1ccc3c(c1)CC(c1ccccc1)=N3)CC2. The summed E-state index contributed by atoms with van der Waals surface area (Å²) in [7, 11) is -3.67. The molecule has 3 aromatic rings. The second-order valence-corrected chi connectivity index (χ2v) is 12.7. The number of amides is 1. The van der Waals surface area contributed by atoms with Crippen molar-refractivity contribution in [1.82, 2.24) is 19.6 Å². The Balaban J connectivity index is 1.11. The Labute approximate surface area is 237 Å². The third kappa shape index (κ3) is 4.89. The number of aliphatic imine (C=N–C) groups is 2. The van der Waals surface area contributed by atoms with Crippen LogP contribution in [0.25, 0.3) is 0 Å². The van der Waals surface area contributed by atoms with Crippen molar-refractivity contribution in [3.8, 4) is 0 Å². The van der Waals surface area contributed by atoms with E-state index < -0.39 is 21.5 Å². The number of nitrogens with one attached hydrogen (secondary N) is 1. The molecule has 1 amide bonds. The van der Waals surface area contributed by atoms with Gasteiger partial charge in [0.1, 0.15) is 5.84 Å². The lowest BCUT2D eigenvalue weighted by Crippen LogP contribution is -2.45. The number of aryl methyl sites for hydroxylation is 1. The maximum atomic E-state index is 13.6. The molecule has 6 rings (SSSR count). The van der Waals surface area contributed by atoms with Crippen LogP contribution in [0.5, 0.6) is 0 Å². The van der Waals surface area contributed by atoms with Gasteiger partial charge in [0, 0.05) is 25.9 Å². The first-order valence-corrected chi connectivity index (χ1v) is 14.9. The summed E-state index contributed by atoms with van der Waals surface area (Å²) < 4.78 is 28.6. The number of piperidine rings is 1. The number of halogens is 1. The standard InChI is InChI=1S/C28H28ClN7O3S/c1-17-24(34-25(29)26(30)31-17)27(37)33-23-9-10-28(35-23)11-13-36(14-12-28)40(38,39)20-7-8-21-19(15-20)16-22(32-21)18-5-3-2-4-6-18/h2-8,15H,9-14,16H2,1H3,(H2,30,31)(H,33,35,37). The third-order valence-electron chi connectivity index (χ3n) is 7.79. The largest absolute Gasteiger partial charge is 0.381 e. The fourth-order valence-electron chi connectivity index (χ4n) is 5.55. The number of rotatable bonds is 4. The lowest BCUT2D eigenvalue weighted by atomic mass is 9.87. The van der Waals surface area contributed by atoms with Crippen LogP contribution >= 0.6 is 11.6 Å². The van der Waals surface area contributed by atoms with E-state index in [-0.39, 0.29) is 21.6 Å². The summed E-state index contributed by atoms with van der Waals surface area (Å²) in [5, 5.41) is 2.80. The van der Waals surface area contributed by atoms with E-state index in [1.807, 2.05) is 30.3 Å². The molecule has 4 heterocycles. The van der Waals surface area contributed by atoms with Gasteiger partial charge < -0.3 is 11.1 Å². The summed E-state index contributed by atoms with van der Waals surface area (Å²) in [5.74, 6) is 0.182. The first-order valence-electron chi connectivity index (χ1n) is 13.1. The number of anilines is 1. The van der Waals surface area contributed by atoms with E-state index in [2.05, 4.69) is 15.3 Å². The molecule has 2 aromatic carbocycles. The molecule has 0 aliphatic carbocycles. The minimum atomic E-state index is -3.67. The van der Waals surface area contributed by atoms with E-state index >= 15 is 0 Å². The van der Waals surface area contributed by atoms with Gasteiger partial charge in [0.15, 0.2) is 16.7 Å². The third-order valence-corrected chi connectivity index (χ3v) is 9.96. The Bertz CT molecular complexity index is 1680. The molecule has 1 aromatic heterocycles. The molecule has 1 spiro atoms. The molecule has 10 nitrogen and oxygen atoms in total. The number of hydrogen-bond acceptors (Lipinski definition) is 8. The topological polar surface area (TPSA) is 143 Å². The summed E-state index contributed by atoms with van der Waals surface area (Å²) in [4.78, 5) is 30.7. The summed E-state index contributed by atoms with van der Waals surface area (Å²) in [5.41, 5.74) is 9.44. The van der Waals surface area contributed by atoms with Crippen molar-refractivity contribution in [2.24, 2.45) is 9.98 Å². The molecule has 0 saturated carbocycles. The highest BCUT2D eigenvalue weighted by Gasteiger charge is 2.41. The number of nitrogen functional groups attached to an aromatic ring is 1. The van der Waals surface area contributed by atoms with Crippen molar-refractivity contribution in [2.75, 3.05) is 18.8 Å². The second-order valence-electron chi connectivity index (χ2n) is 10.4. The van der Waals surface area contributed by atoms with Crippen LogP contribution in [0, 0.1) is 6.92 Å². The molecule has 1 fully saturated rings. The lowest BCUT2D eigenvalue weighted by Gasteiger charge is -2.36. The van der Waals surface area contributed by atoms with Crippen molar-refractivity contribution in [2.45, 2.75) is 49.5 Å². The van der Waals surface area contributed by atoms with E-state index in [0.717, 1.165) is 28.9 Å². The molecule has 1 saturated heterocycles. The Hall–Kier alpha value is -3.67. The predicted octanol–water partition coefficient (Wildman–Crippen LogP) is 3.84. The van der Waals surface area contributed by atoms with E-state index in [1.54, 1.807) is 25.1 Å². The first-order chi connectivity index (χ1) is 19.1. The average Bonchev–Trinajstić information content (AvgIpc) is 3.55. The smallest absolute Gasteiger partial charge is 0.277 e. The van der Waals surface area contributed by atoms with Crippen molar-refractivity contribution in [3.63, 3.8) is 0 Å². The van der Waals surface area contributed by atoms with E-state index in [9.17, 15) is 13.2 Å². The Morgan fingerprint density at radius 3 is 2.58 bits per heavy atom. The van der Waals surface area contributed by atoms with Gasteiger partial charge >= 0.3 is 0 Å². The van der Waals surface area contributed by atoms with Crippen LogP contribution < -0.4 is 11.1 Å². The summed E-state index contributed by atoms with van der Waals surface area (Å²) in [6, 6.07) is 15.1. The lowest BCUT2D eigenvalue weighted by molar-refractivity contribution is 0.0970. The molecule has 40 heavy (non-hydrogen) atoms. The number of nitrogens with zero attached hydrogens (tertiary/aromatic N) is 5. The normalized spacial score (nSPS) is 18.4. The summed E-state index contributed by atoms with van der Waals surface area (Å²) >= 11 is 5.95. The van der Waals surface area contributed by atoms with Gasteiger partial charge in [-0.25, -0.2) is 18.4 Å². The molecule has 0 bridgehead atoms. The highest BCUT2D eigenvalue weighted by molar-refractivity contribution is 7.89. The Morgan fingerprint density at radius 1 is 1.07 bits per heavy atom. The quantitative estimate of drug-likeness (QED) is 0.482. The molecule has 3 aliphatic rings. The minimum absolute atomic E-state index is 0.0262. The van der Waals surface area contributed by atoms with Gasteiger partial charge in [-0.15, -0.1) is 0 Å². The van der Waals surface area contributed by atoms with Gasteiger partial charge in [0.2, 0.25) is 10.0 Å². The average molecular weight is 578 g/mol. The number of sulfonamides is 1. The van der Waals surface area contributed by atoms with E-state index in [1.165, 1.54) is 4.31 Å². The van der Waals surface area contributed by atoms with E-state index in [0.29, 0.717) is 50.3 Å². The number of aromatic nitrogens is 2. The number of benzene rings is 2. The maximum absolute atomic E-state index is 13.6. The Morgan fingerprint density at radius 2 is 1.82 bits per heavy atom. The number of carbonyl (C=O) groups is 1. The van der Waals surface area contributed by atoms with Crippen LogP contribution in [0.3, 0.4) is 0 Å². The number of nitrogens with two attached hydrogens (primary N) is 1. The maximum Gasteiger partial charge on any atom is 0.277 e. The van der Waals surface area contributed by atoms with Crippen LogP contribution in [0.1, 0.15) is 53.0 Å². The molecular weight excluding hydrogens is 550 g/mol. The molecule has 3 aliphatic heterocycles. The predicted molar refractivity (Wildman–Crippen MR) is 154 cm³/mol. The van der Waals surface area contributed by atoms with Crippen LogP contribution in [-0.2, 0) is 16.4 Å². The molecule has 0 radical (unpaired) electrons. The van der Waals surface area contributed by atoms with Crippen molar-refractivity contribution >= 4 is 50.6 Å². The minimum Gasteiger partial charge on any atom is -0.381 e. The van der Waals surface area contributed by atoms with Crippen molar-refractivity contribution in [3.05, 3.63) is 76.2 Å². The fraction of sp³-hybridized carbons (Fsp3) is 0.321.